The van der Waals surface area contributed by atoms with Crippen molar-refractivity contribution in [3.05, 3.63) is 36.7 Å². The van der Waals surface area contributed by atoms with Gasteiger partial charge in [-0.2, -0.15) is 4.31 Å². The number of sulfonamides is 1. The predicted octanol–water partition coefficient (Wildman–Crippen LogP) is 1.22. The lowest BCUT2D eigenvalue weighted by Gasteiger charge is -2.20. The number of nitrogens with one attached hydrogen (secondary N) is 1. The molecule has 0 bridgehead atoms. The Labute approximate surface area is 118 Å². The number of nitrogens with zero attached hydrogens (tertiary/aromatic N) is 2. The van der Waals surface area contributed by atoms with Gasteiger partial charge < -0.3 is 5.32 Å². The number of aromatic nitrogens is 1. The van der Waals surface area contributed by atoms with E-state index in [-0.39, 0.29) is 0 Å². The maximum atomic E-state index is 12.8. The zero-order chi connectivity index (χ0) is 14.0. The molecule has 0 unspecified atom stereocenters. The third kappa shape index (κ3) is 2.42. The summed E-state index contributed by atoms with van der Waals surface area (Å²) in [6, 6.07) is 7.45. The first-order valence-electron chi connectivity index (χ1n) is 6.73. The van der Waals surface area contributed by atoms with E-state index in [4.69, 9.17) is 0 Å². The quantitative estimate of drug-likeness (QED) is 0.903. The van der Waals surface area contributed by atoms with Crippen molar-refractivity contribution in [2.75, 3.05) is 26.2 Å². The molecular weight excluding hydrogens is 274 g/mol. The maximum Gasteiger partial charge on any atom is 0.245 e. The molecule has 3 rings (SSSR count). The summed E-state index contributed by atoms with van der Waals surface area (Å²) in [5, 5.41) is 4.80. The first kappa shape index (κ1) is 13.5. The van der Waals surface area contributed by atoms with Crippen LogP contribution in [-0.2, 0) is 10.0 Å². The summed E-state index contributed by atoms with van der Waals surface area (Å²) in [7, 11) is -3.48. The van der Waals surface area contributed by atoms with Crippen LogP contribution in [0, 0.1) is 0 Å². The van der Waals surface area contributed by atoms with Gasteiger partial charge in [0.2, 0.25) is 10.0 Å². The van der Waals surface area contributed by atoms with Gasteiger partial charge in [0, 0.05) is 42.8 Å². The van der Waals surface area contributed by atoms with Crippen LogP contribution < -0.4 is 5.32 Å². The molecule has 0 saturated carbocycles. The molecule has 0 radical (unpaired) electrons. The zero-order valence-corrected chi connectivity index (χ0v) is 11.9. The molecule has 0 amide bonds. The van der Waals surface area contributed by atoms with Crippen LogP contribution >= 0.6 is 0 Å². The van der Waals surface area contributed by atoms with Crippen LogP contribution in [0.3, 0.4) is 0 Å². The molecule has 0 spiro atoms. The molecule has 1 N–H and O–H groups in total. The van der Waals surface area contributed by atoms with Crippen molar-refractivity contribution in [2.24, 2.45) is 0 Å². The smallest absolute Gasteiger partial charge is 0.245 e. The Kier molecular flexibility index (Phi) is 3.69. The van der Waals surface area contributed by atoms with Crippen molar-refractivity contribution in [1.82, 2.24) is 14.6 Å². The number of hydrogen-bond acceptors (Lipinski definition) is 4. The fourth-order valence-corrected chi connectivity index (χ4v) is 4.13. The zero-order valence-electron chi connectivity index (χ0n) is 11.1. The van der Waals surface area contributed by atoms with Crippen LogP contribution in [0.5, 0.6) is 0 Å². The summed E-state index contributed by atoms with van der Waals surface area (Å²) >= 11 is 0. The first-order chi connectivity index (χ1) is 9.69. The number of benzene rings is 1. The molecule has 1 aromatic carbocycles. The van der Waals surface area contributed by atoms with Gasteiger partial charge >= 0.3 is 0 Å². The van der Waals surface area contributed by atoms with Gasteiger partial charge in [-0.15, -0.1) is 0 Å². The average molecular weight is 291 g/mol. The van der Waals surface area contributed by atoms with Crippen LogP contribution in [0.15, 0.2) is 41.6 Å². The van der Waals surface area contributed by atoms with Gasteiger partial charge in [0.15, 0.2) is 0 Å². The van der Waals surface area contributed by atoms with Gasteiger partial charge in [-0.25, -0.2) is 8.42 Å². The topological polar surface area (TPSA) is 62.3 Å². The molecule has 0 atom stereocenters. The predicted molar refractivity (Wildman–Crippen MR) is 78.0 cm³/mol. The summed E-state index contributed by atoms with van der Waals surface area (Å²) in [5.74, 6) is 0. The van der Waals surface area contributed by atoms with Crippen molar-refractivity contribution in [3.8, 4) is 0 Å². The number of fused-ring (bicyclic) bond motifs is 1. The maximum absolute atomic E-state index is 12.8. The van der Waals surface area contributed by atoms with Crippen molar-refractivity contribution >= 4 is 20.8 Å². The molecule has 2 aromatic rings. The SMILES string of the molecule is O=S(=O)(c1cncc2ccccc12)N1CCCNCC1. The van der Waals surface area contributed by atoms with Crippen LogP contribution in [0.2, 0.25) is 0 Å². The second kappa shape index (κ2) is 5.47. The van der Waals surface area contributed by atoms with Crippen LogP contribution in [0.1, 0.15) is 6.42 Å². The Bertz CT molecular complexity index is 702. The molecule has 1 aliphatic rings. The molecule has 1 aromatic heterocycles. The minimum absolute atomic E-state index is 0.303. The van der Waals surface area contributed by atoms with E-state index >= 15 is 0 Å². The van der Waals surface area contributed by atoms with E-state index in [1.165, 1.54) is 6.20 Å². The highest BCUT2D eigenvalue weighted by Gasteiger charge is 2.26. The highest BCUT2D eigenvalue weighted by atomic mass is 32.2. The fraction of sp³-hybridized carbons (Fsp3) is 0.357. The van der Waals surface area contributed by atoms with Gasteiger partial charge in [-0.3, -0.25) is 4.98 Å². The molecule has 106 valence electrons. The monoisotopic (exact) mass is 291 g/mol. The van der Waals surface area contributed by atoms with Crippen LogP contribution in [-0.4, -0.2) is 43.9 Å². The van der Waals surface area contributed by atoms with Crippen molar-refractivity contribution < 1.29 is 8.42 Å². The lowest BCUT2D eigenvalue weighted by atomic mass is 10.2. The molecule has 6 heteroatoms. The van der Waals surface area contributed by atoms with Crippen LogP contribution in [0.25, 0.3) is 10.8 Å². The second-order valence-corrected chi connectivity index (χ2v) is 6.77. The van der Waals surface area contributed by atoms with Crippen molar-refractivity contribution in [2.45, 2.75) is 11.3 Å². The Morgan fingerprint density at radius 3 is 2.85 bits per heavy atom. The molecule has 1 fully saturated rings. The van der Waals surface area contributed by atoms with E-state index in [2.05, 4.69) is 10.3 Å². The van der Waals surface area contributed by atoms with Gasteiger partial charge in [0.05, 0.1) is 0 Å². The van der Waals surface area contributed by atoms with E-state index in [1.807, 2.05) is 24.3 Å². The number of hydrogen-bond donors (Lipinski definition) is 1. The summed E-state index contributed by atoms with van der Waals surface area (Å²) in [5.41, 5.74) is 0. The molecule has 0 aliphatic carbocycles. The standard InChI is InChI=1S/C14H17N3O2S/c18-20(19,17-8-3-6-15-7-9-17)14-11-16-10-12-4-1-2-5-13(12)14/h1-2,4-5,10-11,15H,3,6-9H2. The molecule has 20 heavy (non-hydrogen) atoms. The Hall–Kier alpha value is -1.50. The van der Waals surface area contributed by atoms with Gasteiger partial charge in [-0.1, -0.05) is 24.3 Å². The molecular formula is C14H17N3O2S. The highest BCUT2D eigenvalue weighted by molar-refractivity contribution is 7.89. The van der Waals surface area contributed by atoms with E-state index < -0.39 is 10.0 Å². The summed E-state index contributed by atoms with van der Waals surface area (Å²) in [6.07, 6.45) is 3.98. The van der Waals surface area contributed by atoms with Gasteiger partial charge in [0.25, 0.3) is 0 Å². The Morgan fingerprint density at radius 1 is 1.10 bits per heavy atom. The minimum Gasteiger partial charge on any atom is -0.315 e. The fourth-order valence-electron chi connectivity index (χ4n) is 2.49. The Balaban J connectivity index is 2.09. The highest BCUT2D eigenvalue weighted by Crippen LogP contribution is 2.24. The molecule has 1 saturated heterocycles. The number of pyridine rings is 1. The Morgan fingerprint density at radius 2 is 1.95 bits per heavy atom. The lowest BCUT2D eigenvalue weighted by Crippen LogP contribution is -2.34. The van der Waals surface area contributed by atoms with E-state index in [1.54, 1.807) is 10.5 Å². The summed E-state index contributed by atoms with van der Waals surface area (Å²) in [6.45, 7) is 2.61. The van der Waals surface area contributed by atoms with Gasteiger partial charge in [-0.05, 0) is 13.0 Å². The van der Waals surface area contributed by atoms with E-state index in [9.17, 15) is 8.42 Å². The summed E-state index contributed by atoms with van der Waals surface area (Å²) in [4.78, 5) is 4.38. The minimum atomic E-state index is -3.48. The number of rotatable bonds is 2. The average Bonchev–Trinajstić information content (AvgIpc) is 2.76. The van der Waals surface area contributed by atoms with Crippen LogP contribution in [0.4, 0.5) is 0 Å². The molecule has 1 aliphatic heterocycles. The first-order valence-corrected chi connectivity index (χ1v) is 8.17. The third-order valence-electron chi connectivity index (χ3n) is 3.55. The summed E-state index contributed by atoms with van der Waals surface area (Å²) < 4.78 is 27.2. The van der Waals surface area contributed by atoms with Crippen molar-refractivity contribution in [3.63, 3.8) is 0 Å². The van der Waals surface area contributed by atoms with Gasteiger partial charge in [0.1, 0.15) is 4.90 Å². The second-order valence-electron chi connectivity index (χ2n) is 4.87. The van der Waals surface area contributed by atoms with E-state index in [0.717, 1.165) is 23.7 Å². The van der Waals surface area contributed by atoms with Crippen molar-refractivity contribution in [1.29, 1.82) is 0 Å². The molecule has 5 nitrogen and oxygen atoms in total. The van der Waals surface area contributed by atoms with E-state index in [0.29, 0.717) is 24.5 Å². The molecule has 2 heterocycles. The third-order valence-corrected chi connectivity index (χ3v) is 5.47. The normalized spacial score (nSPS) is 18.0. The lowest BCUT2D eigenvalue weighted by molar-refractivity contribution is 0.432. The largest absolute Gasteiger partial charge is 0.315 e.